The summed E-state index contributed by atoms with van der Waals surface area (Å²) in [6, 6.07) is 7.76. The quantitative estimate of drug-likeness (QED) is 0.669. The highest BCUT2D eigenvalue weighted by Crippen LogP contribution is 2.47. The van der Waals surface area contributed by atoms with E-state index >= 15 is 0 Å². The maximum atomic E-state index is 12.2. The largest absolute Gasteiger partial charge is 0.399 e. The highest BCUT2D eigenvalue weighted by molar-refractivity contribution is 5.43. The Kier molecular flexibility index (Phi) is 1.75. The van der Waals surface area contributed by atoms with Crippen LogP contribution in [0.4, 0.5) is 10.1 Å². The molecule has 0 aliphatic heterocycles. The molecule has 2 rings (SSSR count). The maximum absolute atomic E-state index is 12.2. The van der Waals surface area contributed by atoms with Gasteiger partial charge in [-0.2, -0.15) is 0 Å². The predicted octanol–water partition coefficient (Wildman–Crippen LogP) is 2.34. The molecular formula is C10H12FN. The van der Waals surface area contributed by atoms with E-state index < -0.39 is 0 Å². The topological polar surface area (TPSA) is 26.0 Å². The molecule has 0 radical (unpaired) electrons. The Bertz CT molecular complexity index is 285. The van der Waals surface area contributed by atoms with Crippen LogP contribution < -0.4 is 5.73 Å². The lowest BCUT2D eigenvalue weighted by molar-refractivity contribution is 0.452. The molecule has 2 heteroatoms. The zero-order valence-electron chi connectivity index (χ0n) is 6.83. The number of nitrogens with two attached hydrogens (primary N) is 1. The molecule has 1 aromatic carbocycles. The molecule has 1 aromatic rings. The highest BCUT2D eigenvalue weighted by Gasteiger charge is 2.37. The lowest BCUT2D eigenvalue weighted by atomic mass is 10.1. The molecule has 1 saturated carbocycles. The molecule has 0 bridgehead atoms. The van der Waals surface area contributed by atoms with Crippen LogP contribution in [0, 0.1) is 5.92 Å². The van der Waals surface area contributed by atoms with Crippen molar-refractivity contribution in [2.24, 2.45) is 5.92 Å². The second kappa shape index (κ2) is 2.77. The van der Waals surface area contributed by atoms with Crippen LogP contribution >= 0.6 is 0 Å². The second-order valence-electron chi connectivity index (χ2n) is 3.43. The van der Waals surface area contributed by atoms with E-state index in [0.29, 0.717) is 5.92 Å². The summed E-state index contributed by atoms with van der Waals surface area (Å²) in [5.74, 6) is 0.685. The van der Waals surface area contributed by atoms with Crippen LogP contribution in [0.3, 0.4) is 0 Å². The van der Waals surface area contributed by atoms with Gasteiger partial charge in [0.25, 0.3) is 0 Å². The third-order valence-electron chi connectivity index (χ3n) is 2.46. The molecule has 12 heavy (non-hydrogen) atoms. The Morgan fingerprint density at radius 1 is 1.50 bits per heavy atom. The van der Waals surface area contributed by atoms with Crippen molar-refractivity contribution in [1.29, 1.82) is 0 Å². The molecule has 2 unspecified atom stereocenters. The summed E-state index contributed by atoms with van der Waals surface area (Å²) >= 11 is 0. The summed E-state index contributed by atoms with van der Waals surface area (Å²) in [6.07, 6.45) is 0.986. The van der Waals surface area contributed by atoms with Gasteiger partial charge in [0.1, 0.15) is 0 Å². The number of alkyl halides is 1. The van der Waals surface area contributed by atoms with E-state index in [9.17, 15) is 4.39 Å². The van der Waals surface area contributed by atoms with Crippen LogP contribution in [-0.2, 0) is 0 Å². The average Bonchev–Trinajstić information content (AvgIpc) is 2.83. The van der Waals surface area contributed by atoms with Gasteiger partial charge in [0.05, 0.1) is 6.67 Å². The van der Waals surface area contributed by atoms with E-state index in [1.807, 2.05) is 24.3 Å². The van der Waals surface area contributed by atoms with Crippen molar-refractivity contribution >= 4 is 5.69 Å². The molecule has 2 atom stereocenters. The fourth-order valence-corrected chi connectivity index (χ4v) is 1.62. The zero-order valence-corrected chi connectivity index (χ0v) is 6.83. The van der Waals surface area contributed by atoms with Crippen LogP contribution in [-0.4, -0.2) is 6.67 Å². The van der Waals surface area contributed by atoms with Crippen molar-refractivity contribution in [3.8, 4) is 0 Å². The predicted molar refractivity (Wildman–Crippen MR) is 47.7 cm³/mol. The fraction of sp³-hybridized carbons (Fsp3) is 0.400. The SMILES string of the molecule is Nc1cccc(C2CC2CF)c1. The molecular weight excluding hydrogens is 153 g/mol. The standard InChI is InChI=1S/C10H12FN/c11-6-8-5-10(8)7-2-1-3-9(12)4-7/h1-4,8,10H,5-6,12H2. The van der Waals surface area contributed by atoms with Crippen molar-refractivity contribution < 1.29 is 4.39 Å². The Balaban J connectivity index is 2.14. The van der Waals surface area contributed by atoms with Crippen LogP contribution in [0.2, 0.25) is 0 Å². The lowest BCUT2D eigenvalue weighted by Gasteiger charge is -1.99. The first-order valence-corrected chi connectivity index (χ1v) is 4.22. The molecule has 1 aliphatic carbocycles. The lowest BCUT2D eigenvalue weighted by Crippen LogP contribution is -1.88. The monoisotopic (exact) mass is 165 g/mol. The first-order valence-electron chi connectivity index (χ1n) is 4.22. The summed E-state index contributed by atoms with van der Waals surface area (Å²) in [5.41, 5.74) is 7.58. The van der Waals surface area contributed by atoms with Crippen molar-refractivity contribution in [1.82, 2.24) is 0 Å². The molecule has 0 amide bonds. The molecule has 0 saturated heterocycles. The van der Waals surface area contributed by atoms with Crippen LogP contribution in [0.5, 0.6) is 0 Å². The van der Waals surface area contributed by atoms with Gasteiger partial charge in [0, 0.05) is 5.69 Å². The van der Waals surface area contributed by atoms with E-state index in [4.69, 9.17) is 5.73 Å². The molecule has 0 heterocycles. The summed E-state index contributed by atoms with van der Waals surface area (Å²) in [7, 11) is 0. The molecule has 2 N–H and O–H groups in total. The van der Waals surface area contributed by atoms with E-state index in [1.165, 1.54) is 5.56 Å². The molecule has 0 aromatic heterocycles. The number of anilines is 1. The summed E-state index contributed by atoms with van der Waals surface area (Å²) in [5, 5.41) is 0. The van der Waals surface area contributed by atoms with Crippen LogP contribution in [0.25, 0.3) is 0 Å². The maximum Gasteiger partial charge on any atom is 0.0928 e. The van der Waals surface area contributed by atoms with Gasteiger partial charge in [-0.1, -0.05) is 12.1 Å². The molecule has 0 spiro atoms. The normalized spacial score (nSPS) is 27.1. The molecule has 1 fully saturated rings. The Morgan fingerprint density at radius 3 is 2.92 bits per heavy atom. The van der Waals surface area contributed by atoms with E-state index in [0.717, 1.165) is 12.1 Å². The van der Waals surface area contributed by atoms with Crippen molar-refractivity contribution in [3.05, 3.63) is 29.8 Å². The number of hydrogen-bond donors (Lipinski definition) is 1. The summed E-state index contributed by atoms with van der Waals surface area (Å²) in [6.45, 7) is -0.195. The van der Waals surface area contributed by atoms with Crippen molar-refractivity contribution in [3.63, 3.8) is 0 Å². The minimum atomic E-state index is -0.195. The minimum Gasteiger partial charge on any atom is -0.399 e. The third kappa shape index (κ3) is 1.29. The van der Waals surface area contributed by atoms with Crippen molar-refractivity contribution in [2.75, 3.05) is 12.4 Å². The van der Waals surface area contributed by atoms with Gasteiger partial charge >= 0.3 is 0 Å². The molecule has 1 nitrogen and oxygen atoms in total. The first-order chi connectivity index (χ1) is 5.81. The molecule has 64 valence electrons. The average molecular weight is 165 g/mol. The van der Waals surface area contributed by atoms with Gasteiger partial charge in [-0.05, 0) is 36.0 Å². The number of nitrogen functional groups attached to an aromatic ring is 1. The van der Waals surface area contributed by atoms with Gasteiger partial charge in [0.2, 0.25) is 0 Å². The minimum absolute atomic E-state index is 0.195. The van der Waals surface area contributed by atoms with Gasteiger partial charge in [-0.25, -0.2) is 0 Å². The Labute approximate surface area is 71.4 Å². The Morgan fingerprint density at radius 2 is 2.33 bits per heavy atom. The number of rotatable bonds is 2. The fourth-order valence-electron chi connectivity index (χ4n) is 1.62. The van der Waals surface area contributed by atoms with Gasteiger partial charge < -0.3 is 5.73 Å². The summed E-state index contributed by atoms with van der Waals surface area (Å²) < 4.78 is 12.2. The van der Waals surface area contributed by atoms with Gasteiger partial charge in [-0.3, -0.25) is 4.39 Å². The van der Waals surface area contributed by atoms with Gasteiger partial charge in [-0.15, -0.1) is 0 Å². The number of halogens is 1. The van der Waals surface area contributed by atoms with Crippen molar-refractivity contribution in [2.45, 2.75) is 12.3 Å². The van der Waals surface area contributed by atoms with Crippen LogP contribution in [0.15, 0.2) is 24.3 Å². The second-order valence-corrected chi connectivity index (χ2v) is 3.43. The summed E-state index contributed by atoms with van der Waals surface area (Å²) in [4.78, 5) is 0. The third-order valence-corrected chi connectivity index (χ3v) is 2.46. The Hall–Kier alpha value is -1.05. The first kappa shape index (κ1) is 7.59. The zero-order chi connectivity index (χ0) is 8.55. The smallest absolute Gasteiger partial charge is 0.0928 e. The van der Waals surface area contributed by atoms with E-state index in [-0.39, 0.29) is 12.6 Å². The number of benzene rings is 1. The van der Waals surface area contributed by atoms with Gasteiger partial charge in [0.15, 0.2) is 0 Å². The van der Waals surface area contributed by atoms with Crippen LogP contribution in [0.1, 0.15) is 17.9 Å². The van der Waals surface area contributed by atoms with E-state index in [1.54, 1.807) is 0 Å². The van der Waals surface area contributed by atoms with E-state index in [2.05, 4.69) is 0 Å². The number of hydrogen-bond acceptors (Lipinski definition) is 1. The highest BCUT2D eigenvalue weighted by atomic mass is 19.1. The molecule has 1 aliphatic rings.